The van der Waals surface area contributed by atoms with Crippen LogP contribution in [0.3, 0.4) is 0 Å². The molecule has 2 aromatic rings. The van der Waals surface area contributed by atoms with Gasteiger partial charge in [-0.05, 0) is 37.1 Å². The van der Waals surface area contributed by atoms with Crippen molar-refractivity contribution >= 4 is 0 Å². The van der Waals surface area contributed by atoms with E-state index in [1.54, 1.807) is 0 Å². The number of unbranched alkanes of at least 4 members (excludes halogenated alkanes) is 1. The van der Waals surface area contributed by atoms with Gasteiger partial charge in [0.05, 0.1) is 13.2 Å². The normalized spacial score (nSPS) is 9.43. The fraction of sp³-hybridized carbons (Fsp3) is 0.368. The summed E-state index contributed by atoms with van der Waals surface area (Å²) >= 11 is 0. The van der Waals surface area contributed by atoms with E-state index in [0.29, 0.717) is 0 Å². The van der Waals surface area contributed by atoms with Gasteiger partial charge in [-0.1, -0.05) is 56.7 Å². The van der Waals surface area contributed by atoms with Crippen molar-refractivity contribution in [1.82, 2.24) is 0 Å². The molecule has 0 bridgehead atoms. The molecule has 0 radical (unpaired) electrons. The standard InChI is InChI=1S/C10H14O.C9H12O/c1-2-3-9-11-10-7-5-4-6-8-10;1-2-8-10-9-6-4-3-5-7-9/h4-8H,2-3,9H2,1H3;3-7H,2,8H2,1H3. The zero-order valence-electron chi connectivity index (χ0n) is 13.1. The van der Waals surface area contributed by atoms with E-state index in [1.165, 1.54) is 6.42 Å². The first-order chi connectivity index (χ1) is 10.4. The molecule has 0 aliphatic heterocycles. The molecular formula is C19H26O2. The third-order valence-electron chi connectivity index (χ3n) is 2.73. The average molecular weight is 286 g/mol. The topological polar surface area (TPSA) is 18.5 Å². The fourth-order valence-corrected chi connectivity index (χ4v) is 1.59. The third-order valence-corrected chi connectivity index (χ3v) is 2.73. The maximum atomic E-state index is 5.45. The molecule has 114 valence electrons. The Morgan fingerprint density at radius 2 is 1.10 bits per heavy atom. The predicted octanol–water partition coefficient (Wildman–Crippen LogP) is 5.34. The molecule has 0 saturated heterocycles. The zero-order chi connectivity index (χ0) is 15.2. The maximum Gasteiger partial charge on any atom is 0.119 e. The van der Waals surface area contributed by atoms with Gasteiger partial charge >= 0.3 is 0 Å². The average Bonchev–Trinajstić information content (AvgIpc) is 2.56. The van der Waals surface area contributed by atoms with Crippen molar-refractivity contribution in [3.8, 4) is 11.5 Å². The van der Waals surface area contributed by atoms with Crippen LogP contribution in [-0.4, -0.2) is 13.2 Å². The van der Waals surface area contributed by atoms with E-state index >= 15 is 0 Å². The van der Waals surface area contributed by atoms with E-state index in [0.717, 1.165) is 37.6 Å². The van der Waals surface area contributed by atoms with Gasteiger partial charge in [0.1, 0.15) is 11.5 Å². The van der Waals surface area contributed by atoms with Gasteiger partial charge in [-0.15, -0.1) is 0 Å². The van der Waals surface area contributed by atoms with Gasteiger partial charge < -0.3 is 9.47 Å². The Balaban J connectivity index is 0.000000211. The zero-order valence-corrected chi connectivity index (χ0v) is 13.1. The van der Waals surface area contributed by atoms with Crippen molar-refractivity contribution in [2.45, 2.75) is 33.1 Å². The largest absolute Gasteiger partial charge is 0.494 e. The van der Waals surface area contributed by atoms with Gasteiger partial charge in [-0.3, -0.25) is 0 Å². The van der Waals surface area contributed by atoms with E-state index in [1.807, 2.05) is 60.7 Å². The second kappa shape index (κ2) is 11.8. The van der Waals surface area contributed by atoms with Gasteiger partial charge in [0.2, 0.25) is 0 Å². The van der Waals surface area contributed by atoms with Crippen molar-refractivity contribution in [2.75, 3.05) is 13.2 Å². The van der Waals surface area contributed by atoms with Crippen LogP contribution in [0.4, 0.5) is 0 Å². The van der Waals surface area contributed by atoms with E-state index in [4.69, 9.17) is 9.47 Å². The lowest BCUT2D eigenvalue weighted by molar-refractivity contribution is 0.309. The molecule has 2 aromatic carbocycles. The van der Waals surface area contributed by atoms with Crippen molar-refractivity contribution in [2.24, 2.45) is 0 Å². The van der Waals surface area contributed by atoms with Gasteiger partial charge in [0.15, 0.2) is 0 Å². The molecule has 0 spiro atoms. The maximum absolute atomic E-state index is 5.45. The monoisotopic (exact) mass is 286 g/mol. The first-order valence-electron chi connectivity index (χ1n) is 7.72. The Labute approximate surface area is 128 Å². The summed E-state index contributed by atoms with van der Waals surface area (Å²) in [6.45, 7) is 5.90. The number of hydrogen-bond donors (Lipinski definition) is 0. The first kappa shape index (κ1) is 17.1. The molecule has 0 heterocycles. The highest BCUT2D eigenvalue weighted by atomic mass is 16.5. The quantitative estimate of drug-likeness (QED) is 0.639. The molecule has 2 nitrogen and oxygen atoms in total. The Morgan fingerprint density at radius 3 is 1.52 bits per heavy atom. The van der Waals surface area contributed by atoms with Gasteiger partial charge in [-0.25, -0.2) is 0 Å². The Bertz CT molecular complexity index is 440. The van der Waals surface area contributed by atoms with Crippen molar-refractivity contribution in [1.29, 1.82) is 0 Å². The summed E-state index contributed by atoms with van der Waals surface area (Å²) in [4.78, 5) is 0. The van der Waals surface area contributed by atoms with Crippen LogP contribution < -0.4 is 9.47 Å². The molecule has 0 aliphatic rings. The summed E-state index contributed by atoms with van der Waals surface area (Å²) in [6.07, 6.45) is 3.39. The highest BCUT2D eigenvalue weighted by Crippen LogP contribution is 2.08. The van der Waals surface area contributed by atoms with Gasteiger partial charge in [0, 0.05) is 0 Å². The molecule has 0 unspecified atom stereocenters. The minimum atomic E-state index is 0.810. The lowest BCUT2D eigenvalue weighted by Gasteiger charge is -2.03. The van der Waals surface area contributed by atoms with E-state index in [-0.39, 0.29) is 0 Å². The molecule has 0 saturated carbocycles. The molecule has 2 rings (SSSR count). The van der Waals surface area contributed by atoms with E-state index in [9.17, 15) is 0 Å². The predicted molar refractivity (Wildman–Crippen MR) is 89.1 cm³/mol. The number of rotatable bonds is 7. The molecule has 0 amide bonds. The highest BCUT2D eigenvalue weighted by molar-refractivity contribution is 5.21. The van der Waals surface area contributed by atoms with Gasteiger partial charge in [-0.2, -0.15) is 0 Å². The van der Waals surface area contributed by atoms with Crippen LogP contribution >= 0.6 is 0 Å². The van der Waals surface area contributed by atoms with Crippen molar-refractivity contribution in [3.63, 3.8) is 0 Å². The minimum absolute atomic E-state index is 0.810. The second-order valence-electron chi connectivity index (χ2n) is 4.68. The summed E-state index contributed by atoms with van der Waals surface area (Å²) in [7, 11) is 0. The van der Waals surface area contributed by atoms with E-state index < -0.39 is 0 Å². The molecule has 0 aromatic heterocycles. The number of hydrogen-bond acceptors (Lipinski definition) is 2. The molecule has 0 fully saturated rings. The van der Waals surface area contributed by atoms with E-state index in [2.05, 4.69) is 13.8 Å². The van der Waals surface area contributed by atoms with Crippen LogP contribution in [0.25, 0.3) is 0 Å². The number of para-hydroxylation sites is 2. The molecule has 21 heavy (non-hydrogen) atoms. The van der Waals surface area contributed by atoms with Crippen LogP contribution in [0.1, 0.15) is 33.1 Å². The molecular weight excluding hydrogens is 260 g/mol. The smallest absolute Gasteiger partial charge is 0.119 e. The van der Waals surface area contributed by atoms with Crippen LogP contribution in [0.5, 0.6) is 11.5 Å². The second-order valence-corrected chi connectivity index (χ2v) is 4.68. The van der Waals surface area contributed by atoms with Crippen LogP contribution in [0.2, 0.25) is 0 Å². The summed E-state index contributed by atoms with van der Waals surface area (Å²) in [5.74, 6) is 1.94. The number of benzene rings is 2. The first-order valence-corrected chi connectivity index (χ1v) is 7.72. The summed E-state index contributed by atoms with van der Waals surface area (Å²) in [5.41, 5.74) is 0. The lowest BCUT2D eigenvalue weighted by atomic mass is 10.3. The molecule has 0 atom stereocenters. The molecule has 2 heteroatoms. The molecule has 0 N–H and O–H groups in total. The number of ether oxygens (including phenoxy) is 2. The van der Waals surface area contributed by atoms with Crippen molar-refractivity contribution < 1.29 is 9.47 Å². The Morgan fingerprint density at radius 1 is 0.619 bits per heavy atom. The third kappa shape index (κ3) is 8.74. The lowest BCUT2D eigenvalue weighted by Crippen LogP contribution is -1.95. The SMILES string of the molecule is CCCCOc1ccccc1.CCCOc1ccccc1. The highest BCUT2D eigenvalue weighted by Gasteiger charge is 1.88. The summed E-state index contributed by atoms with van der Waals surface area (Å²) in [5, 5.41) is 0. The van der Waals surface area contributed by atoms with Crippen molar-refractivity contribution in [3.05, 3.63) is 60.7 Å². The van der Waals surface area contributed by atoms with Crippen LogP contribution in [0, 0.1) is 0 Å². The Kier molecular flexibility index (Phi) is 9.63. The summed E-state index contributed by atoms with van der Waals surface area (Å²) in [6, 6.07) is 19.8. The summed E-state index contributed by atoms with van der Waals surface area (Å²) < 4.78 is 10.8. The van der Waals surface area contributed by atoms with Crippen LogP contribution in [-0.2, 0) is 0 Å². The molecule has 0 aliphatic carbocycles. The minimum Gasteiger partial charge on any atom is -0.494 e. The Hall–Kier alpha value is -1.96. The van der Waals surface area contributed by atoms with Gasteiger partial charge in [0.25, 0.3) is 0 Å². The fourth-order valence-electron chi connectivity index (χ4n) is 1.59. The van der Waals surface area contributed by atoms with Crippen LogP contribution in [0.15, 0.2) is 60.7 Å².